The van der Waals surface area contributed by atoms with E-state index in [1.54, 1.807) is 0 Å². The summed E-state index contributed by atoms with van der Waals surface area (Å²) >= 11 is 13.8. The van der Waals surface area contributed by atoms with E-state index in [1.165, 1.54) is 12.2 Å². The van der Waals surface area contributed by atoms with E-state index in [0.29, 0.717) is 21.3 Å². The Morgan fingerprint density at radius 2 is 2.13 bits per heavy atom. The van der Waals surface area contributed by atoms with E-state index < -0.39 is 0 Å². The van der Waals surface area contributed by atoms with Gasteiger partial charge >= 0.3 is 0 Å². The maximum atomic E-state index is 5.96. The van der Waals surface area contributed by atoms with Gasteiger partial charge in [0.2, 0.25) is 0 Å². The number of hydrogen-bond donors (Lipinski definition) is 1. The first-order valence-electron chi connectivity index (χ1n) is 5.00. The first-order chi connectivity index (χ1) is 7.16. The Bertz CT molecular complexity index is 356. The Kier molecular flexibility index (Phi) is 3.70. The van der Waals surface area contributed by atoms with Crippen LogP contribution in [0.5, 0.6) is 0 Å². The summed E-state index contributed by atoms with van der Waals surface area (Å²) in [6.45, 7) is 2.26. The topological polar surface area (TPSA) is 12.0 Å². The summed E-state index contributed by atoms with van der Waals surface area (Å²) in [7, 11) is 0. The van der Waals surface area contributed by atoms with Gasteiger partial charge in [0.1, 0.15) is 0 Å². The molecule has 1 nitrogen and oxygen atoms in total. The number of halogens is 2. The molecule has 0 aliphatic carbocycles. The van der Waals surface area contributed by atoms with E-state index in [0.717, 1.165) is 5.69 Å². The molecule has 15 heavy (non-hydrogen) atoms. The Morgan fingerprint density at radius 1 is 1.33 bits per heavy atom. The summed E-state index contributed by atoms with van der Waals surface area (Å²) < 4.78 is 0. The van der Waals surface area contributed by atoms with Gasteiger partial charge < -0.3 is 5.32 Å². The zero-order valence-corrected chi connectivity index (χ0v) is 10.8. The molecule has 1 aromatic rings. The summed E-state index contributed by atoms with van der Waals surface area (Å²) in [5.74, 6) is 1.24. The third-order valence-corrected chi connectivity index (χ3v) is 4.71. The number of nitrogens with one attached hydrogen (secondary N) is 1. The molecule has 1 fully saturated rings. The lowest BCUT2D eigenvalue weighted by Gasteiger charge is -2.18. The van der Waals surface area contributed by atoms with Crippen LogP contribution in [0.15, 0.2) is 18.2 Å². The maximum Gasteiger partial charge on any atom is 0.0612 e. The summed E-state index contributed by atoms with van der Waals surface area (Å²) in [6, 6.07) is 6.25. The third kappa shape index (κ3) is 2.74. The molecule has 1 N–H and O–H groups in total. The molecule has 0 spiro atoms. The van der Waals surface area contributed by atoms with Gasteiger partial charge in [-0.25, -0.2) is 0 Å². The fraction of sp³-hybridized carbons (Fsp3) is 0.455. The van der Waals surface area contributed by atoms with Crippen LogP contribution in [0.1, 0.15) is 13.3 Å². The minimum Gasteiger partial charge on any atom is -0.381 e. The smallest absolute Gasteiger partial charge is 0.0612 e. The molecule has 4 heteroatoms. The first-order valence-corrected chi connectivity index (χ1v) is 6.80. The lowest BCUT2D eigenvalue weighted by atomic mass is 10.1. The van der Waals surface area contributed by atoms with Gasteiger partial charge in [0, 0.05) is 17.0 Å². The van der Waals surface area contributed by atoms with E-state index in [2.05, 4.69) is 12.2 Å². The minimum absolute atomic E-state index is 0.548. The molecule has 0 radical (unpaired) electrons. The van der Waals surface area contributed by atoms with Gasteiger partial charge in [0.05, 0.1) is 10.0 Å². The highest BCUT2D eigenvalue weighted by Crippen LogP contribution is 2.31. The summed E-state index contributed by atoms with van der Waals surface area (Å²) in [6.07, 6.45) is 1.21. The third-order valence-electron chi connectivity index (χ3n) is 2.65. The highest BCUT2D eigenvalue weighted by atomic mass is 35.5. The quantitative estimate of drug-likeness (QED) is 0.852. The fourth-order valence-electron chi connectivity index (χ4n) is 1.72. The minimum atomic E-state index is 0.548. The predicted molar refractivity (Wildman–Crippen MR) is 70.4 cm³/mol. The lowest BCUT2D eigenvalue weighted by molar-refractivity contribution is 0.724. The average Bonchev–Trinajstić information content (AvgIpc) is 2.59. The normalized spacial score (nSPS) is 25.5. The van der Waals surface area contributed by atoms with Gasteiger partial charge in [-0.05, 0) is 30.4 Å². The molecule has 1 saturated heterocycles. The van der Waals surface area contributed by atoms with Crippen molar-refractivity contribution in [2.75, 3.05) is 11.1 Å². The van der Waals surface area contributed by atoms with E-state index in [9.17, 15) is 0 Å². The monoisotopic (exact) mass is 261 g/mol. The molecule has 82 valence electrons. The summed E-state index contributed by atoms with van der Waals surface area (Å²) in [4.78, 5) is 0. The van der Waals surface area contributed by atoms with Crippen LogP contribution in [0.25, 0.3) is 0 Å². The summed E-state index contributed by atoms with van der Waals surface area (Å²) in [5, 5.41) is 5.38. The Hall–Kier alpha value is -0.0500. The van der Waals surface area contributed by atoms with Crippen LogP contribution < -0.4 is 5.32 Å². The van der Waals surface area contributed by atoms with Crippen molar-refractivity contribution in [2.45, 2.75) is 24.6 Å². The van der Waals surface area contributed by atoms with E-state index in [1.807, 2.05) is 30.0 Å². The predicted octanol–water partition coefficient (Wildman–Crippen LogP) is 4.30. The van der Waals surface area contributed by atoms with Crippen LogP contribution in [-0.2, 0) is 0 Å². The van der Waals surface area contributed by atoms with Crippen molar-refractivity contribution in [1.29, 1.82) is 0 Å². The highest BCUT2D eigenvalue weighted by Gasteiger charge is 2.23. The van der Waals surface area contributed by atoms with E-state index >= 15 is 0 Å². The van der Waals surface area contributed by atoms with Crippen molar-refractivity contribution in [3.8, 4) is 0 Å². The van der Waals surface area contributed by atoms with Crippen molar-refractivity contribution < 1.29 is 0 Å². The second kappa shape index (κ2) is 4.86. The van der Waals surface area contributed by atoms with Gasteiger partial charge in [-0.3, -0.25) is 0 Å². The van der Waals surface area contributed by atoms with Crippen LogP contribution in [0.4, 0.5) is 5.69 Å². The standard InChI is InChI=1S/C11H13Cl2NS/c1-7-11(4-5-15-7)14-8-2-3-9(12)10(13)6-8/h2-3,6-7,11,14H,4-5H2,1H3. The van der Waals surface area contributed by atoms with Gasteiger partial charge in [-0.1, -0.05) is 30.1 Å². The Labute approximate surface area is 105 Å². The van der Waals surface area contributed by atoms with E-state index in [-0.39, 0.29) is 0 Å². The largest absolute Gasteiger partial charge is 0.381 e. The highest BCUT2D eigenvalue weighted by molar-refractivity contribution is 8.00. The fourth-order valence-corrected chi connectivity index (χ4v) is 3.22. The molecule has 2 rings (SSSR count). The molecule has 2 unspecified atom stereocenters. The number of hydrogen-bond acceptors (Lipinski definition) is 2. The van der Waals surface area contributed by atoms with E-state index in [4.69, 9.17) is 23.2 Å². The van der Waals surface area contributed by atoms with Crippen molar-refractivity contribution in [1.82, 2.24) is 0 Å². The van der Waals surface area contributed by atoms with Crippen LogP contribution in [0.2, 0.25) is 10.0 Å². The molecule has 1 heterocycles. The van der Waals surface area contributed by atoms with Crippen LogP contribution in [0, 0.1) is 0 Å². The number of benzene rings is 1. The molecule has 0 saturated carbocycles. The van der Waals surface area contributed by atoms with Gasteiger partial charge in [0.15, 0.2) is 0 Å². The lowest BCUT2D eigenvalue weighted by Crippen LogP contribution is -2.24. The van der Waals surface area contributed by atoms with Crippen LogP contribution in [0.3, 0.4) is 0 Å². The van der Waals surface area contributed by atoms with Crippen molar-refractivity contribution >= 4 is 40.7 Å². The average molecular weight is 262 g/mol. The maximum absolute atomic E-state index is 5.96. The van der Waals surface area contributed by atoms with Gasteiger partial charge in [-0.15, -0.1) is 0 Å². The van der Waals surface area contributed by atoms with Crippen molar-refractivity contribution in [3.05, 3.63) is 28.2 Å². The van der Waals surface area contributed by atoms with Crippen LogP contribution in [-0.4, -0.2) is 17.0 Å². The van der Waals surface area contributed by atoms with Gasteiger partial charge in [0.25, 0.3) is 0 Å². The Balaban J connectivity index is 2.07. The zero-order valence-electron chi connectivity index (χ0n) is 8.47. The summed E-state index contributed by atoms with van der Waals surface area (Å²) in [5.41, 5.74) is 1.06. The molecular weight excluding hydrogens is 249 g/mol. The number of anilines is 1. The van der Waals surface area contributed by atoms with Crippen LogP contribution >= 0.6 is 35.0 Å². The van der Waals surface area contributed by atoms with Crippen molar-refractivity contribution in [2.24, 2.45) is 0 Å². The number of rotatable bonds is 2. The van der Waals surface area contributed by atoms with Gasteiger partial charge in [-0.2, -0.15) is 11.8 Å². The molecule has 0 aromatic heterocycles. The SMILES string of the molecule is CC1SCCC1Nc1ccc(Cl)c(Cl)c1. The Morgan fingerprint density at radius 3 is 2.73 bits per heavy atom. The molecule has 2 atom stereocenters. The molecule has 1 aliphatic heterocycles. The molecule has 1 aromatic carbocycles. The number of thioether (sulfide) groups is 1. The van der Waals surface area contributed by atoms with Crippen molar-refractivity contribution in [3.63, 3.8) is 0 Å². The second-order valence-electron chi connectivity index (χ2n) is 3.74. The zero-order chi connectivity index (χ0) is 10.8. The molecule has 1 aliphatic rings. The first kappa shape index (κ1) is 11.4. The second-order valence-corrected chi connectivity index (χ2v) is 6.04. The molecule has 0 bridgehead atoms. The molecule has 0 amide bonds. The molecular formula is C11H13Cl2NS.